The molecule has 1 saturated heterocycles. The Kier molecular flexibility index (Phi) is 8.55. The highest BCUT2D eigenvalue weighted by Crippen LogP contribution is 2.25. The SMILES string of the molecule is CN=C(NCc1ccc(COC)cc1)N1CCN(Cc2cc(OC)ccc2OC)CC1. The summed E-state index contributed by atoms with van der Waals surface area (Å²) in [5.41, 5.74) is 3.55. The van der Waals surface area contributed by atoms with Gasteiger partial charge in [-0.2, -0.15) is 0 Å². The maximum Gasteiger partial charge on any atom is 0.194 e. The Labute approximate surface area is 185 Å². The van der Waals surface area contributed by atoms with Crippen molar-refractivity contribution in [2.75, 3.05) is 54.6 Å². The summed E-state index contributed by atoms with van der Waals surface area (Å²) in [5.74, 6) is 2.70. The van der Waals surface area contributed by atoms with Crippen LogP contribution >= 0.6 is 0 Å². The molecule has 7 nitrogen and oxygen atoms in total. The lowest BCUT2D eigenvalue weighted by atomic mass is 10.1. The topological polar surface area (TPSA) is 58.6 Å². The van der Waals surface area contributed by atoms with E-state index in [1.807, 2.05) is 19.2 Å². The number of rotatable bonds is 8. The van der Waals surface area contributed by atoms with Crippen LogP contribution in [0.5, 0.6) is 11.5 Å². The normalized spacial score (nSPS) is 15.1. The predicted octanol–water partition coefficient (Wildman–Crippen LogP) is 2.74. The summed E-state index contributed by atoms with van der Waals surface area (Å²) in [6.07, 6.45) is 0. The molecular formula is C24H34N4O3. The number of nitrogens with one attached hydrogen (secondary N) is 1. The second-order valence-corrected chi connectivity index (χ2v) is 7.59. The molecule has 0 aliphatic carbocycles. The van der Waals surface area contributed by atoms with Crippen LogP contribution in [0.4, 0.5) is 0 Å². The molecule has 0 amide bonds. The van der Waals surface area contributed by atoms with Crippen LogP contribution in [0.3, 0.4) is 0 Å². The summed E-state index contributed by atoms with van der Waals surface area (Å²) in [5, 5.41) is 3.49. The van der Waals surface area contributed by atoms with Gasteiger partial charge in [0.2, 0.25) is 0 Å². The second kappa shape index (κ2) is 11.6. The Hall–Kier alpha value is -2.77. The van der Waals surface area contributed by atoms with E-state index in [4.69, 9.17) is 14.2 Å². The highest BCUT2D eigenvalue weighted by atomic mass is 16.5. The fourth-order valence-electron chi connectivity index (χ4n) is 3.80. The minimum Gasteiger partial charge on any atom is -0.497 e. The van der Waals surface area contributed by atoms with E-state index >= 15 is 0 Å². The minimum atomic E-state index is 0.640. The minimum absolute atomic E-state index is 0.640. The molecule has 7 heteroatoms. The Morgan fingerprint density at radius 1 is 0.935 bits per heavy atom. The first-order chi connectivity index (χ1) is 15.2. The third-order valence-electron chi connectivity index (χ3n) is 5.55. The van der Waals surface area contributed by atoms with Crippen molar-refractivity contribution in [3.8, 4) is 11.5 Å². The van der Waals surface area contributed by atoms with Crippen LogP contribution < -0.4 is 14.8 Å². The highest BCUT2D eigenvalue weighted by Gasteiger charge is 2.20. The molecule has 0 aromatic heterocycles. The number of guanidine groups is 1. The molecule has 2 aromatic carbocycles. The molecule has 1 fully saturated rings. The van der Waals surface area contributed by atoms with E-state index in [2.05, 4.69) is 50.4 Å². The number of benzene rings is 2. The summed E-state index contributed by atoms with van der Waals surface area (Å²) >= 11 is 0. The second-order valence-electron chi connectivity index (χ2n) is 7.59. The molecule has 1 aliphatic heterocycles. The number of aliphatic imine (C=N–C) groups is 1. The lowest BCUT2D eigenvalue weighted by Crippen LogP contribution is -2.52. The van der Waals surface area contributed by atoms with Gasteiger partial charge >= 0.3 is 0 Å². The fourth-order valence-corrected chi connectivity index (χ4v) is 3.80. The maximum atomic E-state index is 5.53. The molecule has 168 valence electrons. The third kappa shape index (κ3) is 6.35. The van der Waals surface area contributed by atoms with Crippen LogP contribution in [-0.2, 0) is 24.4 Å². The maximum absolute atomic E-state index is 5.53. The molecule has 1 heterocycles. The van der Waals surface area contributed by atoms with Gasteiger partial charge in [0.15, 0.2) is 5.96 Å². The number of methoxy groups -OCH3 is 3. The van der Waals surface area contributed by atoms with Crippen LogP contribution in [0.25, 0.3) is 0 Å². The van der Waals surface area contributed by atoms with Crippen molar-refractivity contribution in [2.24, 2.45) is 4.99 Å². The van der Waals surface area contributed by atoms with Gasteiger partial charge in [-0.1, -0.05) is 24.3 Å². The average molecular weight is 427 g/mol. The quantitative estimate of drug-likeness (QED) is 0.517. The van der Waals surface area contributed by atoms with Crippen LogP contribution in [-0.4, -0.2) is 70.3 Å². The van der Waals surface area contributed by atoms with E-state index < -0.39 is 0 Å². The van der Waals surface area contributed by atoms with Gasteiger partial charge in [-0.05, 0) is 29.3 Å². The van der Waals surface area contributed by atoms with Gasteiger partial charge in [0.1, 0.15) is 11.5 Å². The van der Waals surface area contributed by atoms with Crippen molar-refractivity contribution < 1.29 is 14.2 Å². The Bertz CT molecular complexity index is 846. The lowest BCUT2D eigenvalue weighted by Gasteiger charge is -2.36. The lowest BCUT2D eigenvalue weighted by molar-refractivity contribution is 0.171. The predicted molar refractivity (Wildman–Crippen MR) is 124 cm³/mol. The first-order valence-corrected chi connectivity index (χ1v) is 10.6. The van der Waals surface area contributed by atoms with Gasteiger partial charge in [-0.3, -0.25) is 9.89 Å². The summed E-state index contributed by atoms with van der Waals surface area (Å²) in [7, 11) is 6.96. The molecule has 0 atom stereocenters. The van der Waals surface area contributed by atoms with E-state index in [9.17, 15) is 0 Å². The van der Waals surface area contributed by atoms with Crippen LogP contribution in [0.1, 0.15) is 16.7 Å². The van der Waals surface area contributed by atoms with Gasteiger partial charge in [-0.25, -0.2) is 0 Å². The van der Waals surface area contributed by atoms with E-state index in [1.165, 1.54) is 11.1 Å². The van der Waals surface area contributed by atoms with E-state index in [0.29, 0.717) is 6.61 Å². The molecule has 0 bridgehead atoms. The monoisotopic (exact) mass is 426 g/mol. The molecule has 3 rings (SSSR count). The van der Waals surface area contributed by atoms with Crippen molar-refractivity contribution in [3.05, 3.63) is 59.2 Å². The Morgan fingerprint density at radius 3 is 2.26 bits per heavy atom. The van der Waals surface area contributed by atoms with Crippen LogP contribution in [0, 0.1) is 0 Å². The molecule has 2 aromatic rings. The highest BCUT2D eigenvalue weighted by molar-refractivity contribution is 5.80. The van der Waals surface area contributed by atoms with Crippen molar-refractivity contribution in [3.63, 3.8) is 0 Å². The van der Waals surface area contributed by atoms with E-state index in [0.717, 1.165) is 62.3 Å². The standard InChI is InChI=1S/C24H34N4O3/c1-25-24(26-16-19-5-7-20(8-6-19)18-29-2)28-13-11-27(12-14-28)17-21-15-22(30-3)9-10-23(21)31-4/h5-10,15H,11-14,16-18H2,1-4H3,(H,25,26). The number of hydrogen-bond donors (Lipinski definition) is 1. The van der Waals surface area contributed by atoms with Gasteiger partial charge in [0.05, 0.1) is 20.8 Å². The van der Waals surface area contributed by atoms with Crippen LogP contribution in [0.15, 0.2) is 47.5 Å². The number of piperazine rings is 1. The number of nitrogens with zero attached hydrogens (tertiary/aromatic N) is 3. The molecule has 0 radical (unpaired) electrons. The van der Waals surface area contributed by atoms with Gasteiger partial charge < -0.3 is 24.4 Å². The molecular weight excluding hydrogens is 392 g/mol. The number of ether oxygens (including phenoxy) is 3. The summed E-state index contributed by atoms with van der Waals surface area (Å²) in [6, 6.07) is 14.4. The molecule has 1 aliphatic rings. The Balaban J connectivity index is 1.51. The number of hydrogen-bond acceptors (Lipinski definition) is 5. The van der Waals surface area contributed by atoms with E-state index in [-0.39, 0.29) is 0 Å². The van der Waals surface area contributed by atoms with Crippen LogP contribution in [0.2, 0.25) is 0 Å². The molecule has 1 N–H and O–H groups in total. The molecule has 0 unspecified atom stereocenters. The van der Waals surface area contributed by atoms with Gasteiger partial charge in [0.25, 0.3) is 0 Å². The summed E-state index contributed by atoms with van der Waals surface area (Å²) < 4.78 is 16.1. The van der Waals surface area contributed by atoms with Crippen molar-refractivity contribution >= 4 is 5.96 Å². The largest absolute Gasteiger partial charge is 0.497 e. The van der Waals surface area contributed by atoms with Crippen molar-refractivity contribution in [1.82, 2.24) is 15.1 Å². The van der Waals surface area contributed by atoms with Gasteiger partial charge in [-0.15, -0.1) is 0 Å². The van der Waals surface area contributed by atoms with Crippen molar-refractivity contribution in [2.45, 2.75) is 19.7 Å². The van der Waals surface area contributed by atoms with E-state index in [1.54, 1.807) is 21.3 Å². The fraction of sp³-hybridized carbons (Fsp3) is 0.458. The first kappa shape index (κ1) is 22.9. The third-order valence-corrected chi connectivity index (χ3v) is 5.55. The van der Waals surface area contributed by atoms with Crippen molar-refractivity contribution in [1.29, 1.82) is 0 Å². The molecule has 0 saturated carbocycles. The zero-order valence-electron chi connectivity index (χ0n) is 19.1. The summed E-state index contributed by atoms with van der Waals surface area (Å²) in [6.45, 7) is 6.02. The smallest absolute Gasteiger partial charge is 0.194 e. The zero-order chi connectivity index (χ0) is 22.1. The summed E-state index contributed by atoms with van der Waals surface area (Å²) in [4.78, 5) is 9.25. The first-order valence-electron chi connectivity index (χ1n) is 10.6. The zero-order valence-corrected chi connectivity index (χ0v) is 19.1. The van der Waals surface area contributed by atoms with Gasteiger partial charge in [0, 0.05) is 59.0 Å². The average Bonchev–Trinajstić information content (AvgIpc) is 2.81. The Morgan fingerprint density at radius 2 is 1.65 bits per heavy atom. The molecule has 31 heavy (non-hydrogen) atoms. The molecule has 0 spiro atoms.